The summed E-state index contributed by atoms with van der Waals surface area (Å²) in [6, 6.07) is 14.1. The molecule has 0 saturated carbocycles. The fraction of sp³-hybridized carbons (Fsp3) is 0.429. The van der Waals surface area contributed by atoms with Crippen LogP contribution in [0, 0.1) is 5.92 Å². The average molecular weight is 387 g/mol. The van der Waals surface area contributed by atoms with Crippen molar-refractivity contribution in [2.24, 2.45) is 5.92 Å². The Kier molecular flexibility index (Phi) is 7.01. The molecule has 3 rings (SSSR count). The quantitative estimate of drug-likeness (QED) is 0.744. The summed E-state index contributed by atoms with van der Waals surface area (Å²) in [5.74, 6) is -0.0812. The highest BCUT2D eigenvalue weighted by atomic mass is 32.1. The summed E-state index contributed by atoms with van der Waals surface area (Å²) in [6.07, 6.45) is 1.96. The van der Waals surface area contributed by atoms with Crippen LogP contribution in [0.25, 0.3) is 0 Å². The maximum Gasteiger partial charge on any atom is 0.228 e. The molecule has 1 fully saturated rings. The minimum Gasteiger partial charge on any atom is -0.383 e. The molecule has 6 heteroatoms. The first kappa shape index (κ1) is 19.6. The van der Waals surface area contributed by atoms with Crippen LogP contribution in [0.4, 0.5) is 0 Å². The van der Waals surface area contributed by atoms with E-state index in [0.717, 1.165) is 23.3 Å². The number of likely N-dealkylation sites (tertiary alicyclic amines) is 1. The predicted molar refractivity (Wildman–Crippen MR) is 107 cm³/mol. The molecule has 1 aliphatic heterocycles. The van der Waals surface area contributed by atoms with E-state index in [0.29, 0.717) is 26.1 Å². The molecule has 2 atom stereocenters. The molecule has 0 bridgehead atoms. The number of benzene rings is 1. The summed E-state index contributed by atoms with van der Waals surface area (Å²) in [5, 5.41) is 4.90. The number of nitrogens with one attached hydrogen (secondary N) is 1. The second kappa shape index (κ2) is 9.67. The Labute approximate surface area is 164 Å². The van der Waals surface area contributed by atoms with E-state index in [1.807, 2.05) is 40.6 Å². The molecule has 0 radical (unpaired) electrons. The Morgan fingerprint density at radius 3 is 2.70 bits per heavy atom. The molecule has 0 aliphatic carbocycles. The van der Waals surface area contributed by atoms with E-state index in [1.54, 1.807) is 18.4 Å². The zero-order valence-electron chi connectivity index (χ0n) is 15.6. The van der Waals surface area contributed by atoms with Gasteiger partial charge in [0, 0.05) is 25.1 Å². The highest BCUT2D eigenvalue weighted by molar-refractivity contribution is 7.10. The van der Waals surface area contributed by atoms with Gasteiger partial charge in [-0.15, -0.1) is 11.3 Å². The Bertz CT molecular complexity index is 733. The van der Waals surface area contributed by atoms with E-state index in [2.05, 4.69) is 17.4 Å². The molecule has 2 heterocycles. The number of hydrogen-bond donors (Lipinski definition) is 1. The van der Waals surface area contributed by atoms with Crippen molar-refractivity contribution in [1.82, 2.24) is 10.2 Å². The first-order valence-electron chi connectivity index (χ1n) is 9.32. The Morgan fingerprint density at radius 1 is 1.19 bits per heavy atom. The van der Waals surface area contributed by atoms with Gasteiger partial charge in [-0.25, -0.2) is 0 Å². The molecular weight excluding hydrogens is 360 g/mol. The number of piperidine rings is 1. The van der Waals surface area contributed by atoms with Crippen molar-refractivity contribution < 1.29 is 14.3 Å². The average Bonchev–Trinajstić information content (AvgIpc) is 3.21. The van der Waals surface area contributed by atoms with Gasteiger partial charge in [0.2, 0.25) is 11.8 Å². The van der Waals surface area contributed by atoms with Crippen molar-refractivity contribution in [3.05, 3.63) is 58.3 Å². The summed E-state index contributed by atoms with van der Waals surface area (Å²) in [6.45, 7) is 1.45. The van der Waals surface area contributed by atoms with E-state index in [9.17, 15) is 9.59 Å². The molecule has 27 heavy (non-hydrogen) atoms. The van der Waals surface area contributed by atoms with Gasteiger partial charge in [-0.05, 0) is 29.9 Å². The fourth-order valence-electron chi connectivity index (χ4n) is 3.57. The van der Waals surface area contributed by atoms with Gasteiger partial charge < -0.3 is 15.0 Å². The molecule has 1 saturated heterocycles. The minimum atomic E-state index is -0.172. The number of carbonyl (C=O) groups is 2. The molecule has 1 N–H and O–H groups in total. The van der Waals surface area contributed by atoms with Crippen LogP contribution in [0.1, 0.15) is 29.3 Å². The Morgan fingerprint density at radius 2 is 2.00 bits per heavy atom. The standard InChI is InChI=1S/C21H26N2O3S/c1-26-12-11-22-21(25)17-9-10-19(16-6-3-2-4-7-16)23(15-17)20(24)14-18-8-5-13-27-18/h2-8,13,17,19H,9-12,14-15H2,1H3,(H,22,25)/t17-,19-/m0/s1. The lowest BCUT2D eigenvalue weighted by molar-refractivity contribution is -0.138. The minimum absolute atomic E-state index is 0.00693. The zero-order chi connectivity index (χ0) is 19.1. The van der Waals surface area contributed by atoms with Gasteiger partial charge in [0.1, 0.15) is 0 Å². The fourth-order valence-corrected chi connectivity index (χ4v) is 4.26. The highest BCUT2D eigenvalue weighted by Crippen LogP contribution is 2.34. The topological polar surface area (TPSA) is 58.6 Å². The van der Waals surface area contributed by atoms with Gasteiger partial charge in [0.25, 0.3) is 0 Å². The predicted octanol–water partition coefficient (Wildman–Crippen LogP) is 3.03. The third kappa shape index (κ3) is 5.17. The molecular formula is C21H26N2O3S. The number of amides is 2. The lowest BCUT2D eigenvalue weighted by Gasteiger charge is -2.39. The van der Waals surface area contributed by atoms with Crippen molar-refractivity contribution in [1.29, 1.82) is 0 Å². The van der Waals surface area contributed by atoms with Gasteiger partial charge >= 0.3 is 0 Å². The van der Waals surface area contributed by atoms with Crippen LogP contribution < -0.4 is 5.32 Å². The summed E-state index contributed by atoms with van der Waals surface area (Å²) in [4.78, 5) is 28.5. The van der Waals surface area contributed by atoms with Crippen LogP contribution in [-0.2, 0) is 20.7 Å². The monoisotopic (exact) mass is 386 g/mol. The SMILES string of the molecule is COCCNC(=O)[C@H]1CC[C@@H](c2ccccc2)N(C(=O)Cc2cccs2)C1. The molecule has 2 aromatic rings. The summed E-state index contributed by atoms with van der Waals surface area (Å²) >= 11 is 1.59. The molecule has 1 aromatic carbocycles. The number of rotatable bonds is 7. The van der Waals surface area contributed by atoms with Crippen LogP contribution in [0.15, 0.2) is 47.8 Å². The third-order valence-electron chi connectivity index (χ3n) is 4.97. The van der Waals surface area contributed by atoms with Gasteiger partial charge in [-0.2, -0.15) is 0 Å². The van der Waals surface area contributed by atoms with Crippen molar-refractivity contribution in [2.45, 2.75) is 25.3 Å². The van der Waals surface area contributed by atoms with E-state index in [-0.39, 0.29) is 23.8 Å². The highest BCUT2D eigenvalue weighted by Gasteiger charge is 2.35. The number of methoxy groups -OCH3 is 1. The van der Waals surface area contributed by atoms with Crippen LogP contribution in [-0.4, -0.2) is 43.5 Å². The number of thiophene rings is 1. The second-order valence-corrected chi connectivity index (χ2v) is 7.82. The van der Waals surface area contributed by atoms with E-state index in [1.165, 1.54) is 0 Å². The first-order chi connectivity index (χ1) is 13.2. The molecule has 2 amide bonds. The van der Waals surface area contributed by atoms with Crippen molar-refractivity contribution in [3.63, 3.8) is 0 Å². The van der Waals surface area contributed by atoms with E-state index in [4.69, 9.17) is 4.74 Å². The second-order valence-electron chi connectivity index (χ2n) is 6.79. The van der Waals surface area contributed by atoms with Gasteiger partial charge in [-0.3, -0.25) is 9.59 Å². The normalized spacial score (nSPS) is 19.7. The van der Waals surface area contributed by atoms with E-state index >= 15 is 0 Å². The largest absolute Gasteiger partial charge is 0.383 e. The zero-order valence-corrected chi connectivity index (χ0v) is 16.4. The lowest BCUT2D eigenvalue weighted by atomic mass is 9.88. The van der Waals surface area contributed by atoms with Crippen molar-refractivity contribution >= 4 is 23.2 Å². The summed E-state index contributed by atoms with van der Waals surface area (Å²) in [7, 11) is 1.61. The van der Waals surface area contributed by atoms with Gasteiger partial charge in [0.05, 0.1) is 25.0 Å². The van der Waals surface area contributed by atoms with Crippen molar-refractivity contribution in [2.75, 3.05) is 26.8 Å². The van der Waals surface area contributed by atoms with Crippen LogP contribution >= 0.6 is 11.3 Å². The Hall–Kier alpha value is -2.18. The first-order valence-corrected chi connectivity index (χ1v) is 10.2. The molecule has 0 spiro atoms. The van der Waals surface area contributed by atoms with Crippen molar-refractivity contribution in [3.8, 4) is 0 Å². The molecule has 0 unspecified atom stereocenters. The molecule has 1 aromatic heterocycles. The molecule has 1 aliphatic rings. The maximum atomic E-state index is 13.1. The van der Waals surface area contributed by atoms with Crippen LogP contribution in [0.5, 0.6) is 0 Å². The molecule has 5 nitrogen and oxygen atoms in total. The number of ether oxygens (including phenoxy) is 1. The summed E-state index contributed by atoms with van der Waals surface area (Å²) < 4.78 is 4.99. The lowest BCUT2D eigenvalue weighted by Crippen LogP contribution is -2.47. The van der Waals surface area contributed by atoms with Gasteiger partial charge in [-0.1, -0.05) is 36.4 Å². The molecule has 144 valence electrons. The van der Waals surface area contributed by atoms with Crippen LogP contribution in [0.2, 0.25) is 0 Å². The van der Waals surface area contributed by atoms with E-state index < -0.39 is 0 Å². The Balaban J connectivity index is 1.73. The maximum absolute atomic E-state index is 13.1. The number of nitrogens with zero attached hydrogens (tertiary/aromatic N) is 1. The van der Waals surface area contributed by atoms with Crippen LogP contribution in [0.3, 0.4) is 0 Å². The number of hydrogen-bond acceptors (Lipinski definition) is 4. The third-order valence-corrected chi connectivity index (χ3v) is 5.84. The van der Waals surface area contributed by atoms with Gasteiger partial charge in [0.15, 0.2) is 0 Å². The smallest absolute Gasteiger partial charge is 0.228 e. The summed E-state index contributed by atoms with van der Waals surface area (Å²) in [5.41, 5.74) is 1.13. The number of carbonyl (C=O) groups excluding carboxylic acids is 2.